The van der Waals surface area contributed by atoms with Gasteiger partial charge in [-0.2, -0.15) is 0 Å². The zero-order valence-electron chi connectivity index (χ0n) is 13.7. The fraction of sp³-hybridized carbons (Fsp3) is 0.200. The van der Waals surface area contributed by atoms with Crippen LogP contribution in [0.3, 0.4) is 0 Å². The van der Waals surface area contributed by atoms with Crippen LogP contribution < -0.4 is 5.32 Å². The van der Waals surface area contributed by atoms with Crippen molar-refractivity contribution in [2.45, 2.75) is 25.3 Å². The third-order valence-corrected chi connectivity index (χ3v) is 4.85. The molecule has 3 aromatic heterocycles. The number of rotatable bonds is 4. The summed E-state index contributed by atoms with van der Waals surface area (Å²) >= 11 is 0. The summed E-state index contributed by atoms with van der Waals surface area (Å²) in [5.74, 6) is 1.37. The summed E-state index contributed by atoms with van der Waals surface area (Å²) in [6.45, 7) is 0.480. The Hall–Kier alpha value is -3.08. The molecule has 5 rings (SSSR count). The normalized spacial score (nSPS) is 14.2. The van der Waals surface area contributed by atoms with Crippen LogP contribution >= 0.6 is 0 Å². The van der Waals surface area contributed by atoms with E-state index in [9.17, 15) is 4.79 Å². The standard InChI is InChI=1S/C20H18N4O/c25-20(22-12-14-11-21-16-6-2-1-5-15(14)16)18-17-7-3-4-10-24(17)19(23-18)13-8-9-13/h1-7,10-11,13,21H,8-9,12H2,(H,22,25). The Kier molecular flexibility index (Phi) is 3.13. The zero-order valence-corrected chi connectivity index (χ0v) is 13.7. The van der Waals surface area contributed by atoms with Gasteiger partial charge in [0.25, 0.3) is 5.91 Å². The summed E-state index contributed by atoms with van der Waals surface area (Å²) in [5.41, 5.74) is 3.55. The Morgan fingerprint density at radius 2 is 2.04 bits per heavy atom. The fourth-order valence-electron chi connectivity index (χ4n) is 3.40. The maximum atomic E-state index is 12.7. The number of nitrogens with zero attached hydrogens (tertiary/aromatic N) is 2. The van der Waals surface area contributed by atoms with Crippen LogP contribution in [0, 0.1) is 0 Å². The Bertz CT molecular complexity index is 1090. The molecular weight excluding hydrogens is 312 g/mol. The number of H-pyrrole nitrogens is 1. The van der Waals surface area contributed by atoms with Gasteiger partial charge in [0.2, 0.25) is 0 Å². The lowest BCUT2D eigenvalue weighted by Gasteiger charge is -2.03. The number of fused-ring (bicyclic) bond motifs is 2. The van der Waals surface area contributed by atoms with E-state index in [1.165, 1.54) is 0 Å². The summed E-state index contributed by atoms with van der Waals surface area (Å²) in [6, 6.07) is 14.0. The first kappa shape index (κ1) is 14.3. The zero-order chi connectivity index (χ0) is 16.8. The molecule has 4 aromatic rings. The molecule has 0 aliphatic heterocycles. The molecule has 3 heterocycles. The monoisotopic (exact) mass is 330 g/mol. The number of nitrogens with one attached hydrogen (secondary N) is 2. The van der Waals surface area contributed by atoms with Crippen LogP contribution in [0.25, 0.3) is 16.4 Å². The lowest BCUT2D eigenvalue weighted by atomic mass is 10.2. The lowest BCUT2D eigenvalue weighted by molar-refractivity contribution is 0.0948. The molecule has 0 saturated heterocycles. The highest BCUT2D eigenvalue weighted by atomic mass is 16.1. The molecule has 0 atom stereocenters. The molecule has 1 fully saturated rings. The number of benzene rings is 1. The first-order chi connectivity index (χ1) is 12.3. The van der Waals surface area contributed by atoms with E-state index < -0.39 is 0 Å². The maximum absolute atomic E-state index is 12.7. The van der Waals surface area contributed by atoms with Gasteiger partial charge in [-0.1, -0.05) is 24.3 Å². The molecule has 1 aliphatic carbocycles. The topological polar surface area (TPSA) is 62.2 Å². The van der Waals surface area contributed by atoms with Gasteiger partial charge in [-0.25, -0.2) is 4.98 Å². The molecule has 5 nitrogen and oxygen atoms in total. The van der Waals surface area contributed by atoms with Gasteiger partial charge in [0.1, 0.15) is 5.82 Å². The van der Waals surface area contributed by atoms with Crippen molar-refractivity contribution < 1.29 is 4.79 Å². The molecule has 1 saturated carbocycles. The van der Waals surface area contributed by atoms with E-state index in [-0.39, 0.29) is 5.91 Å². The van der Waals surface area contributed by atoms with Crippen LogP contribution in [0.5, 0.6) is 0 Å². The SMILES string of the molecule is O=C(NCc1c[nH]c2ccccc12)c1nc(C2CC2)n2ccccc12. The van der Waals surface area contributed by atoms with Crippen LogP contribution in [0.15, 0.2) is 54.9 Å². The molecule has 0 bridgehead atoms. The number of pyridine rings is 1. The second-order valence-electron chi connectivity index (χ2n) is 6.59. The summed E-state index contributed by atoms with van der Waals surface area (Å²) in [4.78, 5) is 20.6. The highest BCUT2D eigenvalue weighted by molar-refractivity contribution is 5.99. The van der Waals surface area contributed by atoms with E-state index in [0.29, 0.717) is 18.2 Å². The number of para-hydroxylation sites is 1. The summed E-state index contributed by atoms with van der Waals surface area (Å²) < 4.78 is 2.05. The Morgan fingerprint density at radius 3 is 2.92 bits per heavy atom. The van der Waals surface area contributed by atoms with Crippen molar-refractivity contribution in [2.75, 3.05) is 0 Å². The van der Waals surface area contributed by atoms with E-state index in [0.717, 1.165) is 40.6 Å². The Balaban J connectivity index is 1.44. The van der Waals surface area contributed by atoms with Gasteiger partial charge < -0.3 is 14.7 Å². The van der Waals surface area contributed by atoms with Gasteiger partial charge in [0, 0.05) is 35.8 Å². The van der Waals surface area contributed by atoms with Gasteiger partial charge in [0.15, 0.2) is 5.69 Å². The van der Waals surface area contributed by atoms with Gasteiger partial charge in [-0.15, -0.1) is 0 Å². The number of carbonyl (C=O) groups excluding carboxylic acids is 1. The Morgan fingerprint density at radius 1 is 1.20 bits per heavy atom. The van der Waals surface area contributed by atoms with Crippen LogP contribution in [-0.4, -0.2) is 20.3 Å². The minimum atomic E-state index is -0.124. The van der Waals surface area contributed by atoms with Crippen molar-refractivity contribution in [2.24, 2.45) is 0 Å². The summed E-state index contributed by atoms with van der Waals surface area (Å²) in [5, 5.41) is 4.16. The molecule has 1 aromatic carbocycles. The number of aromatic amines is 1. The van der Waals surface area contributed by atoms with Crippen molar-refractivity contribution >= 4 is 22.3 Å². The molecule has 1 aliphatic rings. The highest BCUT2D eigenvalue weighted by Crippen LogP contribution is 2.40. The molecule has 5 heteroatoms. The van der Waals surface area contributed by atoms with Gasteiger partial charge in [0.05, 0.1) is 5.52 Å². The largest absolute Gasteiger partial charge is 0.361 e. The first-order valence-corrected chi connectivity index (χ1v) is 8.61. The second kappa shape index (κ2) is 5.48. The van der Waals surface area contributed by atoms with Crippen molar-refractivity contribution in [3.8, 4) is 0 Å². The summed E-state index contributed by atoms with van der Waals surface area (Å²) in [7, 11) is 0. The quantitative estimate of drug-likeness (QED) is 0.600. The highest BCUT2D eigenvalue weighted by Gasteiger charge is 2.30. The number of amides is 1. The minimum Gasteiger partial charge on any atom is -0.361 e. The maximum Gasteiger partial charge on any atom is 0.272 e. The number of hydrogen-bond donors (Lipinski definition) is 2. The van der Waals surface area contributed by atoms with Crippen molar-refractivity contribution in [1.82, 2.24) is 19.7 Å². The molecule has 25 heavy (non-hydrogen) atoms. The van der Waals surface area contributed by atoms with Gasteiger partial charge in [-0.3, -0.25) is 4.79 Å². The fourth-order valence-corrected chi connectivity index (χ4v) is 3.40. The van der Waals surface area contributed by atoms with E-state index in [1.807, 2.05) is 48.8 Å². The van der Waals surface area contributed by atoms with E-state index in [1.54, 1.807) is 0 Å². The van der Waals surface area contributed by atoms with E-state index >= 15 is 0 Å². The van der Waals surface area contributed by atoms with Crippen LogP contribution in [-0.2, 0) is 6.54 Å². The smallest absolute Gasteiger partial charge is 0.272 e. The second-order valence-corrected chi connectivity index (χ2v) is 6.59. The van der Waals surface area contributed by atoms with Crippen LogP contribution in [0.4, 0.5) is 0 Å². The minimum absolute atomic E-state index is 0.124. The third-order valence-electron chi connectivity index (χ3n) is 4.85. The van der Waals surface area contributed by atoms with E-state index in [4.69, 9.17) is 0 Å². The van der Waals surface area contributed by atoms with Gasteiger partial charge >= 0.3 is 0 Å². The first-order valence-electron chi connectivity index (χ1n) is 8.61. The molecule has 124 valence electrons. The average molecular weight is 330 g/mol. The summed E-state index contributed by atoms with van der Waals surface area (Å²) in [6.07, 6.45) is 6.26. The van der Waals surface area contributed by atoms with E-state index in [2.05, 4.69) is 25.8 Å². The van der Waals surface area contributed by atoms with Crippen LogP contribution in [0.1, 0.15) is 40.6 Å². The molecule has 1 amide bonds. The molecule has 0 unspecified atom stereocenters. The molecule has 0 spiro atoms. The predicted octanol–water partition coefficient (Wildman–Crippen LogP) is 3.62. The number of imidazole rings is 1. The van der Waals surface area contributed by atoms with Gasteiger partial charge in [-0.05, 0) is 36.6 Å². The van der Waals surface area contributed by atoms with Crippen molar-refractivity contribution in [1.29, 1.82) is 0 Å². The molecular formula is C20H18N4O. The van der Waals surface area contributed by atoms with Crippen molar-refractivity contribution in [3.63, 3.8) is 0 Å². The number of carbonyl (C=O) groups is 1. The number of aromatic nitrogens is 3. The lowest BCUT2D eigenvalue weighted by Crippen LogP contribution is -2.23. The molecule has 2 N–H and O–H groups in total. The van der Waals surface area contributed by atoms with Crippen LogP contribution in [0.2, 0.25) is 0 Å². The van der Waals surface area contributed by atoms with Crippen molar-refractivity contribution in [3.05, 3.63) is 71.9 Å². The molecule has 0 radical (unpaired) electrons. The third kappa shape index (κ3) is 2.39. The number of hydrogen-bond acceptors (Lipinski definition) is 2. The Labute approximate surface area is 144 Å². The predicted molar refractivity (Wildman–Crippen MR) is 96.6 cm³/mol. The average Bonchev–Trinajstić information content (AvgIpc) is 3.30.